The Morgan fingerprint density at radius 3 is 2.87 bits per heavy atom. The van der Waals surface area contributed by atoms with Crippen LogP contribution in [0.3, 0.4) is 0 Å². The molecule has 15 heavy (non-hydrogen) atoms. The first kappa shape index (κ1) is 11.2. The lowest BCUT2D eigenvalue weighted by molar-refractivity contribution is 0.1000. The molecule has 78 valence electrons. The van der Waals surface area contributed by atoms with Gasteiger partial charge in [-0.1, -0.05) is 12.0 Å². The van der Waals surface area contributed by atoms with E-state index in [-0.39, 0.29) is 5.56 Å². The molecule has 0 aliphatic rings. The lowest BCUT2D eigenvalue weighted by Gasteiger charge is -2.04. The van der Waals surface area contributed by atoms with E-state index >= 15 is 0 Å². The van der Waals surface area contributed by atoms with E-state index in [9.17, 15) is 9.18 Å². The molecular formula is C11H11FN2O. The van der Waals surface area contributed by atoms with Gasteiger partial charge in [0.1, 0.15) is 5.82 Å². The van der Waals surface area contributed by atoms with Crippen LogP contribution in [0, 0.1) is 18.2 Å². The second kappa shape index (κ2) is 5.13. The van der Waals surface area contributed by atoms with Gasteiger partial charge in [-0.15, -0.1) is 6.42 Å². The number of rotatable bonds is 4. The number of primary amides is 1. The van der Waals surface area contributed by atoms with Gasteiger partial charge < -0.3 is 11.1 Å². The van der Waals surface area contributed by atoms with Crippen molar-refractivity contribution >= 4 is 5.91 Å². The topological polar surface area (TPSA) is 55.1 Å². The van der Waals surface area contributed by atoms with E-state index in [1.54, 1.807) is 0 Å². The van der Waals surface area contributed by atoms with Crippen molar-refractivity contribution in [3.8, 4) is 12.3 Å². The fourth-order valence-electron chi connectivity index (χ4n) is 1.11. The predicted molar refractivity (Wildman–Crippen MR) is 55.5 cm³/mol. The van der Waals surface area contributed by atoms with Crippen LogP contribution in [0.25, 0.3) is 0 Å². The summed E-state index contributed by atoms with van der Waals surface area (Å²) in [5, 5.41) is 2.85. The Balaban J connectivity index is 2.76. The Bertz CT molecular complexity index is 410. The van der Waals surface area contributed by atoms with Crippen LogP contribution in [0.2, 0.25) is 0 Å². The SMILES string of the molecule is C#CCNCc1ccc(C(N)=O)cc1F. The Morgan fingerprint density at radius 2 is 2.33 bits per heavy atom. The van der Waals surface area contributed by atoms with Gasteiger partial charge in [0.15, 0.2) is 0 Å². The minimum absolute atomic E-state index is 0.160. The maximum absolute atomic E-state index is 13.3. The molecule has 0 unspecified atom stereocenters. The average Bonchev–Trinajstić information content (AvgIpc) is 2.20. The number of nitrogens with two attached hydrogens (primary N) is 1. The summed E-state index contributed by atoms with van der Waals surface area (Å²) in [7, 11) is 0. The molecule has 0 bridgehead atoms. The largest absolute Gasteiger partial charge is 0.366 e. The van der Waals surface area contributed by atoms with Gasteiger partial charge >= 0.3 is 0 Å². The van der Waals surface area contributed by atoms with Gasteiger partial charge in [0.25, 0.3) is 0 Å². The molecule has 0 aliphatic heterocycles. The molecule has 0 saturated heterocycles. The zero-order valence-electron chi connectivity index (χ0n) is 8.09. The molecule has 0 saturated carbocycles. The normalized spacial score (nSPS) is 9.60. The molecule has 3 nitrogen and oxygen atoms in total. The van der Waals surface area contributed by atoms with Crippen molar-refractivity contribution in [2.24, 2.45) is 5.73 Å². The van der Waals surface area contributed by atoms with E-state index in [0.717, 1.165) is 6.07 Å². The third kappa shape index (κ3) is 3.08. The van der Waals surface area contributed by atoms with Gasteiger partial charge in [-0.3, -0.25) is 4.79 Å². The standard InChI is InChI=1S/C11H11FN2O/c1-2-5-14-7-9-4-3-8(11(13)15)6-10(9)12/h1,3-4,6,14H,5,7H2,(H2,13,15). The number of terminal acetylenes is 1. The average molecular weight is 206 g/mol. The Labute approximate surface area is 87.5 Å². The highest BCUT2D eigenvalue weighted by Gasteiger charge is 2.06. The number of halogens is 1. The number of carbonyl (C=O) groups excluding carboxylic acids is 1. The first-order valence-corrected chi connectivity index (χ1v) is 4.37. The molecule has 0 aliphatic carbocycles. The van der Waals surface area contributed by atoms with E-state index in [1.165, 1.54) is 12.1 Å². The van der Waals surface area contributed by atoms with Crippen molar-refractivity contribution in [2.75, 3.05) is 6.54 Å². The maximum atomic E-state index is 13.3. The van der Waals surface area contributed by atoms with Crippen LogP contribution in [0.5, 0.6) is 0 Å². The summed E-state index contributed by atoms with van der Waals surface area (Å²) in [6, 6.07) is 4.12. The summed E-state index contributed by atoms with van der Waals surface area (Å²) in [5.41, 5.74) is 5.62. The zero-order chi connectivity index (χ0) is 11.3. The molecule has 4 heteroatoms. The summed E-state index contributed by atoms with van der Waals surface area (Å²) in [6.45, 7) is 0.700. The molecule has 1 amide bonds. The number of amides is 1. The van der Waals surface area contributed by atoms with Crippen LogP contribution in [0.4, 0.5) is 4.39 Å². The van der Waals surface area contributed by atoms with Crippen LogP contribution in [0.15, 0.2) is 18.2 Å². The number of hydrogen-bond donors (Lipinski definition) is 2. The summed E-state index contributed by atoms with van der Waals surface area (Å²) in [4.78, 5) is 10.7. The van der Waals surface area contributed by atoms with Gasteiger partial charge in [-0.2, -0.15) is 0 Å². The second-order valence-corrected chi connectivity index (χ2v) is 2.98. The minimum Gasteiger partial charge on any atom is -0.366 e. The van der Waals surface area contributed by atoms with Crippen LogP contribution < -0.4 is 11.1 Å². The molecule has 0 fully saturated rings. The highest BCUT2D eigenvalue weighted by molar-refractivity contribution is 5.92. The molecule has 0 radical (unpaired) electrons. The molecular weight excluding hydrogens is 195 g/mol. The van der Waals surface area contributed by atoms with E-state index in [2.05, 4.69) is 11.2 Å². The minimum atomic E-state index is -0.642. The van der Waals surface area contributed by atoms with Gasteiger partial charge in [0.2, 0.25) is 5.91 Å². The first-order valence-electron chi connectivity index (χ1n) is 4.37. The van der Waals surface area contributed by atoms with Crippen molar-refractivity contribution in [1.82, 2.24) is 5.32 Å². The monoisotopic (exact) mass is 206 g/mol. The van der Waals surface area contributed by atoms with E-state index in [4.69, 9.17) is 12.2 Å². The quantitative estimate of drug-likeness (QED) is 0.561. The summed E-state index contributed by atoms with van der Waals surface area (Å²) in [6.07, 6.45) is 5.03. The van der Waals surface area contributed by atoms with Gasteiger partial charge in [0, 0.05) is 17.7 Å². The Hall–Kier alpha value is -1.86. The summed E-state index contributed by atoms with van der Waals surface area (Å²) in [5.74, 6) is 1.28. The highest BCUT2D eigenvalue weighted by Crippen LogP contribution is 2.09. The van der Waals surface area contributed by atoms with Crippen LogP contribution in [0.1, 0.15) is 15.9 Å². The fraction of sp³-hybridized carbons (Fsp3) is 0.182. The van der Waals surface area contributed by atoms with Gasteiger partial charge in [-0.25, -0.2) is 4.39 Å². The number of carbonyl (C=O) groups is 1. The Morgan fingerprint density at radius 1 is 1.60 bits per heavy atom. The Kier molecular flexibility index (Phi) is 3.83. The molecule has 0 atom stereocenters. The zero-order valence-corrected chi connectivity index (χ0v) is 8.09. The molecule has 1 rings (SSSR count). The smallest absolute Gasteiger partial charge is 0.248 e. The van der Waals surface area contributed by atoms with Crippen molar-refractivity contribution in [2.45, 2.75) is 6.54 Å². The van der Waals surface area contributed by atoms with Crippen molar-refractivity contribution in [1.29, 1.82) is 0 Å². The van der Waals surface area contributed by atoms with E-state index < -0.39 is 11.7 Å². The molecule has 1 aromatic carbocycles. The fourth-order valence-corrected chi connectivity index (χ4v) is 1.11. The second-order valence-electron chi connectivity index (χ2n) is 2.98. The molecule has 0 heterocycles. The molecule has 1 aromatic rings. The lowest BCUT2D eigenvalue weighted by Crippen LogP contribution is -2.15. The number of nitrogens with one attached hydrogen (secondary N) is 1. The lowest BCUT2D eigenvalue weighted by atomic mass is 10.1. The highest BCUT2D eigenvalue weighted by atomic mass is 19.1. The van der Waals surface area contributed by atoms with Crippen LogP contribution in [-0.2, 0) is 6.54 Å². The maximum Gasteiger partial charge on any atom is 0.248 e. The van der Waals surface area contributed by atoms with E-state index in [0.29, 0.717) is 18.7 Å². The summed E-state index contributed by atoms with van der Waals surface area (Å²) >= 11 is 0. The van der Waals surface area contributed by atoms with Crippen LogP contribution in [-0.4, -0.2) is 12.5 Å². The van der Waals surface area contributed by atoms with Crippen LogP contribution >= 0.6 is 0 Å². The number of benzene rings is 1. The number of hydrogen-bond acceptors (Lipinski definition) is 2. The van der Waals surface area contributed by atoms with E-state index in [1.807, 2.05) is 0 Å². The predicted octanol–water partition coefficient (Wildman–Crippen LogP) is 0.647. The van der Waals surface area contributed by atoms with Crippen molar-refractivity contribution in [3.05, 3.63) is 35.1 Å². The van der Waals surface area contributed by atoms with Crippen molar-refractivity contribution in [3.63, 3.8) is 0 Å². The third-order valence-corrected chi connectivity index (χ3v) is 1.88. The molecule has 0 aromatic heterocycles. The molecule has 0 spiro atoms. The third-order valence-electron chi connectivity index (χ3n) is 1.88. The van der Waals surface area contributed by atoms with Gasteiger partial charge in [0.05, 0.1) is 6.54 Å². The summed E-state index contributed by atoms with van der Waals surface area (Å²) < 4.78 is 13.3. The van der Waals surface area contributed by atoms with Gasteiger partial charge in [-0.05, 0) is 12.1 Å². The first-order chi connectivity index (χ1) is 7.15. The van der Waals surface area contributed by atoms with Crippen molar-refractivity contribution < 1.29 is 9.18 Å². The molecule has 3 N–H and O–H groups in total.